The van der Waals surface area contributed by atoms with Crippen LogP contribution in [0.3, 0.4) is 0 Å². The molecule has 0 aliphatic rings. The molecule has 0 amide bonds. The number of aliphatic imine (C=N–C) groups is 1. The molecule has 0 radical (unpaired) electrons. The summed E-state index contributed by atoms with van der Waals surface area (Å²) in [6.45, 7) is 7.19. The van der Waals surface area contributed by atoms with E-state index in [1.54, 1.807) is 6.20 Å². The van der Waals surface area contributed by atoms with Crippen molar-refractivity contribution < 1.29 is 14.2 Å². The van der Waals surface area contributed by atoms with E-state index in [1.807, 2.05) is 50.2 Å². The van der Waals surface area contributed by atoms with Gasteiger partial charge < -0.3 is 25.3 Å². The van der Waals surface area contributed by atoms with Crippen LogP contribution < -0.4 is 20.5 Å². The minimum Gasteiger partial charge on any atom is -0.494 e. The number of hydrogen-bond donors (Lipinski definition) is 2. The van der Waals surface area contributed by atoms with Crippen LogP contribution in [0.15, 0.2) is 47.6 Å². The van der Waals surface area contributed by atoms with Crippen molar-refractivity contribution in [2.75, 3.05) is 26.4 Å². The average molecular weight is 372 g/mol. The van der Waals surface area contributed by atoms with Crippen LogP contribution in [0, 0.1) is 0 Å². The van der Waals surface area contributed by atoms with Gasteiger partial charge in [-0.05, 0) is 56.2 Å². The minimum atomic E-state index is 0.414. The van der Waals surface area contributed by atoms with E-state index in [1.165, 1.54) is 0 Å². The van der Waals surface area contributed by atoms with Crippen molar-refractivity contribution in [3.8, 4) is 17.4 Å². The molecule has 3 N–H and O–H groups in total. The second-order valence-electron chi connectivity index (χ2n) is 5.69. The molecule has 0 aliphatic heterocycles. The van der Waals surface area contributed by atoms with Crippen molar-refractivity contribution in [3.63, 3.8) is 0 Å². The first-order chi connectivity index (χ1) is 13.2. The van der Waals surface area contributed by atoms with Gasteiger partial charge in [-0.2, -0.15) is 0 Å². The van der Waals surface area contributed by atoms with Gasteiger partial charge in [-0.1, -0.05) is 0 Å². The van der Waals surface area contributed by atoms with Gasteiger partial charge in [-0.15, -0.1) is 0 Å². The van der Waals surface area contributed by atoms with Gasteiger partial charge in [0.05, 0.1) is 13.2 Å². The number of rotatable bonds is 11. The monoisotopic (exact) mass is 372 g/mol. The highest BCUT2D eigenvalue weighted by Gasteiger charge is 2.02. The number of hydrogen-bond acceptors (Lipinski definition) is 5. The Morgan fingerprint density at radius 1 is 1.11 bits per heavy atom. The third-order valence-electron chi connectivity index (χ3n) is 3.56. The molecule has 7 heteroatoms. The van der Waals surface area contributed by atoms with Crippen LogP contribution >= 0.6 is 0 Å². The van der Waals surface area contributed by atoms with Gasteiger partial charge in [0.25, 0.3) is 0 Å². The summed E-state index contributed by atoms with van der Waals surface area (Å²) in [5, 5.41) is 3.07. The molecule has 2 aromatic rings. The van der Waals surface area contributed by atoms with Gasteiger partial charge in [0, 0.05) is 32.0 Å². The van der Waals surface area contributed by atoms with E-state index >= 15 is 0 Å². The Morgan fingerprint density at radius 2 is 1.89 bits per heavy atom. The average Bonchev–Trinajstić information content (AvgIpc) is 2.68. The first kappa shape index (κ1) is 20.5. The zero-order valence-electron chi connectivity index (χ0n) is 16.0. The van der Waals surface area contributed by atoms with Gasteiger partial charge >= 0.3 is 0 Å². The second kappa shape index (κ2) is 11.7. The molecule has 146 valence electrons. The lowest BCUT2D eigenvalue weighted by molar-refractivity contribution is 0.145. The smallest absolute Gasteiger partial charge is 0.219 e. The fourth-order valence-electron chi connectivity index (χ4n) is 2.26. The summed E-state index contributed by atoms with van der Waals surface area (Å²) in [4.78, 5) is 8.57. The van der Waals surface area contributed by atoms with Gasteiger partial charge in [0.1, 0.15) is 11.5 Å². The summed E-state index contributed by atoms with van der Waals surface area (Å²) < 4.78 is 16.5. The Balaban J connectivity index is 1.84. The molecule has 1 heterocycles. The number of nitrogens with one attached hydrogen (secondary N) is 1. The van der Waals surface area contributed by atoms with Crippen LogP contribution in [0.4, 0.5) is 0 Å². The van der Waals surface area contributed by atoms with Gasteiger partial charge in [-0.25, -0.2) is 9.98 Å². The number of aromatic nitrogens is 1. The zero-order chi connectivity index (χ0) is 19.3. The zero-order valence-corrected chi connectivity index (χ0v) is 16.0. The van der Waals surface area contributed by atoms with E-state index in [-0.39, 0.29) is 0 Å². The molecule has 0 fully saturated rings. The Kier molecular flexibility index (Phi) is 8.92. The number of guanidine groups is 1. The first-order valence-corrected chi connectivity index (χ1v) is 9.18. The van der Waals surface area contributed by atoms with Crippen molar-refractivity contribution >= 4 is 5.96 Å². The van der Waals surface area contributed by atoms with Gasteiger partial charge in [0.15, 0.2) is 5.96 Å². The van der Waals surface area contributed by atoms with Crippen LogP contribution in [0.25, 0.3) is 0 Å². The van der Waals surface area contributed by atoms with Crippen molar-refractivity contribution in [1.29, 1.82) is 0 Å². The van der Waals surface area contributed by atoms with Crippen LogP contribution in [-0.4, -0.2) is 37.3 Å². The number of pyridine rings is 1. The van der Waals surface area contributed by atoms with Gasteiger partial charge in [-0.3, -0.25) is 0 Å². The third kappa shape index (κ3) is 7.96. The van der Waals surface area contributed by atoms with Crippen LogP contribution in [0.5, 0.6) is 17.4 Å². The van der Waals surface area contributed by atoms with Crippen LogP contribution in [-0.2, 0) is 11.3 Å². The van der Waals surface area contributed by atoms with E-state index in [0.29, 0.717) is 37.3 Å². The summed E-state index contributed by atoms with van der Waals surface area (Å²) in [6.07, 6.45) is 2.58. The fourth-order valence-corrected chi connectivity index (χ4v) is 2.26. The van der Waals surface area contributed by atoms with E-state index in [4.69, 9.17) is 19.9 Å². The Bertz CT molecular complexity index is 705. The van der Waals surface area contributed by atoms with Crippen LogP contribution in [0.2, 0.25) is 0 Å². The molecule has 0 saturated carbocycles. The third-order valence-corrected chi connectivity index (χ3v) is 3.56. The molecule has 0 aliphatic carbocycles. The standard InChI is InChI=1S/C20H28N4O3/c1-3-25-13-5-11-23-20(21)24-15-16-10-12-22-19(14-16)27-18-8-6-17(7-9-18)26-4-2/h6-10,12,14H,3-5,11,13,15H2,1-2H3,(H3,21,23,24). The molecule has 1 aromatic heterocycles. The lowest BCUT2D eigenvalue weighted by atomic mass is 10.2. The number of nitrogens with two attached hydrogens (primary N) is 1. The molecule has 0 unspecified atom stereocenters. The molecule has 2 rings (SSSR count). The van der Waals surface area contributed by atoms with Crippen molar-refractivity contribution in [1.82, 2.24) is 10.3 Å². The lowest BCUT2D eigenvalue weighted by Gasteiger charge is -2.08. The van der Waals surface area contributed by atoms with Crippen molar-refractivity contribution in [3.05, 3.63) is 48.2 Å². The number of benzene rings is 1. The van der Waals surface area contributed by atoms with Gasteiger partial charge in [0.2, 0.25) is 5.88 Å². The molecule has 0 saturated heterocycles. The molecule has 0 bridgehead atoms. The molecule has 1 aromatic carbocycles. The highest BCUT2D eigenvalue weighted by molar-refractivity contribution is 5.77. The van der Waals surface area contributed by atoms with Crippen molar-refractivity contribution in [2.45, 2.75) is 26.8 Å². The molecular formula is C20H28N4O3. The van der Waals surface area contributed by atoms with Crippen molar-refractivity contribution in [2.24, 2.45) is 10.7 Å². The maximum atomic E-state index is 5.88. The Morgan fingerprint density at radius 3 is 2.63 bits per heavy atom. The fraction of sp³-hybridized carbons (Fsp3) is 0.400. The minimum absolute atomic E-state index is 0.414. The molecule has 7 nitrogen and oxygen atoms in total. The number of nitrogens with zero attached hydrogens (tertiary/aromatic N) is 2. The SMILES string of the molecule is CCOCCCNC(N)=NCc1ccnc(Oc2ccc(OCC)cc2)c1. The van der Waals surface area contributed by atoms with E-state index < -0.39 is 0 Å². The molecular weight excluding hydrogens is 344 g/mol. The predicted octanol–water partition coefficient (Wildman–Crippen LogP) is 3.10. The predicted molar refractivity (Wildman–Crippen MR) is 106 cm³/mol. The highest BCUT2D eigenvalue weighted by atomic mass is 16.5. The summed E-state index contributed by atoms with van der Waals surface area (Å²) in [5.41, 5.74) is 6.84. The van der Waals surface area contributed by atoms with E-state index in [9.17, 15) is 0 Å². The highest BCUT2D eigenvalue weighted by Crippen LogP contribution is 2.23. The largest absolute Gasteiger partial charge is 0.494 e. The molecule has 0 atom stereocenters. The first-order valence-electron chi connectivity index (χ1n) is 9.18. The van der Waals surface area contributed by atoms with E-state index in [2.05, 4.69) is 15.3 Å². The lowest BCUT2D eigenvalue weighted by Crippen LogP contribution is -2.32. The maximum Gasteiger partial charge on any atom is 0.219 e. The number of ether oxygens (including phenoxy) is 3. The quantitative estimate of drug-likeness (QED) is 0.358. The molecule has 0 spiro atoms. The Hall–Kier alpha value is -2.80. The topological polar surface area (TPSA) is 91.0 Å². The van der Waals surface area contributed by atoms with Crippen LogP contribution in [0.1, 0.15) is 25.8 Å². The second-order valence-corrected chi connectivity index (χ2v) is 5.69. The summed E-state index contributed by atoms with van der Waals surface area (Å²) in [7, 11) is 0. The molecule has 27 heavy (non-hydrogen) atoms. The summed E-state index contributed by atoms with van der Waals surface area (Å²) >= 11 is 0. The summed E-state index contributed by atoms with van der Waals surface area (Å²) in [5.74, 6) is 2.43. The summed E-state index contributed by atoms with van der Waals surface area (Å²) in [6, 6.07) is 11.2. The normalized spacial score (nSPS) is 11.3. The van der Waals surface area contributed by atoms with E-state index in [0.717, 1.165) is 30.9 Å². The Labute approximate surface area is 160 Å². The maximum absolute atomic E-state index is 5.88.